The van der Waals surface area contributed by atoms with Gasteiger partial charge < -0.3 is 42.6 Å². The molecular weight excluding hydrogens is 612 g/mol. The lowest BCUT2D eigenvalue weighted by molar-refractivity contribution is -0.0847. The van der Waals surface area contributed by atoms with Gasteiger partial charge in [-0.2, -0.15) is 0 Å². The van der Waals surface area contributed by atoms with Gasteiger partial charge in [-0.25, -0.2) is 0 Å². The average Bonchev–Trinajstić information content (AvgIpc) is 3.11. The molecule has 2 aromatic carbocycles. The monoisotopic (exact) mass is 674 g/mol. The third kappa shape index (κ3) is 20.3. The lowest BCUT2D eigenvalue weighted by Crippen LogP contribution is -2.28. The molecule has 1 atom stereocenters. The van der Waals surface area contributed by atoms with Crippen molar-refractivity contribution < 1.29 is 42.6 Å². The summed E-state index contributed by atoms with van der Waals surface area (Å²) in [6, 6.07) is 16.7. The van der Waals surface area contributed by atoms with Crippen LogP contribution in [0.2, 0.25) is 0 Å². The molecule has 0 N–H and O–H groups in total. The van der Waals surface area contributed by atoms with Crippen LogP contribution in [-0.2, 0) is 33.2 Å². The molecule has 1 fully saturated rings. The van der Waals surface area contributed by atoms with E-state index in [-0.39, 0.29) is 6.10 Å². The van der Waals surface area contributed by atoms with Gasteiger partial charge in [-0.3, -0.25) is 0 Å². The first-order valence-electron chi connectivity index (χ1n) is 18.4. The molecular formula is C39H62O9. The SMILES string of the molecule is CCCCCCCCCCOc1ccc(-c2ccc(OCCCCOCC3COCCOCCOCCOCCOCCO3)cc2)cc1. The van der Waals surface area contributed by atoms with Gasteiger partial charge in [0, 0.05) is 6.61 Å². The summed E-state index contributed by atoms with van der Waals surface area (Å²) >= 11 is 0. The molecule has 1 heterocycles. The Morgan fingerprint density at radius 3 is 1.42 bits per heavy atom. The first-order chi connectivity index (χ1) is 23.8. The van der Waals surface area contributed by atoms with Gasteiger partial charge in [0.05, 0.1) is 92.5 Å². The second kappa shape index (κ2) is 28.6. The summed E-state index contributed by atoms with van der Waals surface area (Å²) in [5, 5.41) is 0. The molecule has 3 rings (SSSR count). The summed E-state index contributed by atoms with van der Waals surface area (Å²) in [6.07, 6.45) is 12.1. The minimum absolute atomic E-state index is 0.162. The van der Waals surface area contributed by atoms with E-state index in [2.05, 4.69) is 43.3 Å². The number of hydrogen-bond acceptors (Lipinski definition) is 9. The molecule has 272 valence electrons. The Morgan fingerprint density at radius 1 is 0.479 bits per heavy atom. The van der Waals surface area contributed by atoms with E-state index in [9.17, 15) is 0 Å². The molecule has 1 unspecified atom stereocenters. The van der Waals surface area contributed by atoms with E-state index in [4.69, 9.17) is 42.6 Å². The predicted molar refractivity (Wildman–Crippen MR) is 189 cm³/mol. The van der Waals surface area contributed by atoms with Crippen LogP contribution in [0.25, 0.3) is 11.1 Å². The highest BCUT2D eigenvalue weighted by Crippen LogP contribution is 2.25. The molecule has 48 heavy (non-hydrogen) atoms. The quantitative estimate of drug-likeness (QED) is 0.141. The molecule has 0 radical (unpaired) electrons. The Bertz CT molecular complexity index is 968. The zero-order valence-electron chi connectivity index (χ0n) is 29.5. The molecule has 0 aromatic heterocycles. The van der Waals surface area contributed by atoms with Crippen LogP contribution in [0.3, 0.4) is 0 Å². The third-order valence-corrected chi connectivity index (χ3v) is 7.94. The van der Waals surface area contributed by atoms with Crippen LogP contribution < -0.4 is 9.47 Å². The highest BCUT2D eigenvalue weighted by molar-refractivity contribution is 5.64. The van der Waals surface area contributed by atoms with Crippen molar-refractivity contribution in [1.29, 1.82) is 0 Å². The topological polar surface area (TPSA) is 83.1 Å². The molecule has 0 saturated carbocycles. The molecule has 1 saturated heterocycles. The van der Waals surface area contributed by atoms with Gasteiger partial charge >= 0.3 is 0 Å². The highest BCUT2D eigenvalue weighted by atomic mass is 16.6. The van der Waals surface area contributed by atoms with Crippen LogP contribution in [0.1, 0.15) is 71.1 Å². The van der Waals surface area contributed by atoms with Crippen molar-refractivity contribution in [2.45, 2.75) is 77.2 Å². The molecule has 0 bridgehead atoms. The number of hydrogen-bond donors (Lipinski definition) is 0. The molecule has 9 heteroatoms. The second-order valence-corrected chi connectivity index (χ2v) is 12.0. The van der Waals surface area contributed by atoms with E-state index in [1.807, 2.05) is 12.1 Å². The standard InChI is InChI=1S/C39H62O9/c1-2-3-4-5-6-7-8-9-21-46-37-16-12-35(13-17-37)36-14-18-38(19-15-36)47-22-11-10-20-44-33-39-34-45-30-29-42-26-25-40-23-24-41-27-28-43-31-32-48-39/h12-19,39H,2-11,20-34H2,1H3. The fraction of sp³-hybridized carbons (Fsp3) is 0.692. The van der Waals surface area contributed by atoms with Gasteiger partial charge in [0.1, 0.15) is 17.6 Å². The summed E-state index contributed by atoms with van der Waals surface area (Å²) in [7, 11) is 0. The Labute approximate surface area is 289 Å². The van der Waals surface area contributed by atoms with Gasteiger partial charge in [0.2, 0.25) is 0 Å². The normalized spacial score (nSPS) is 17.7. The first-order valence-corrected chi connectivity index (χ1v) is 18.4. The summed E-state index contributed by atoms with van der Waals surface area (Å²) in [5.41, 5.74) is 2.33. The number of benzene rings is 2. The fourth-order valence-electron chi connectivity index (χ4n) is 5.14. The number of rotatable bonds is 19. The van der Waals surface area contributed by atoms with Gasteiger partial charge in [-0.1, -0.05) is 76.1 Å². The molecule has 9 nitrogen and oxygen atoms in total. The van der Waals surface area contributed by atoms with Crippen LogP contribution in [0.15, 0.2) is 48.5 Å². The van der Waals surface area contributed by atoms with Crippen molar-refractivity contribution in [2.75, 3.05) is 99.1 Å². The Hall–Kier alpha value is -2.24. The van der Waals surface area contributed by atoms with Crippen molar-refractivity contribution in [2.24, 2.45) is 0 Å². The number of ether oxygens (including phenoxy) is 9. The largest absolute Gasteiger partial charge is 0.494 e. The van der Waals surface area contributed by atoms with Gasteiger partial charge in [0.25, 0.3) is 0 Å². The summed E-state index contributed by atoms with van der Waals surface area (Å²) < 4.78 is 51.6. The zero-order chi connectivity index (χ0) is 33.6. The van der Waals surface area contributed by atoms with Crippen molar-refractivity contribution in [3.05, 3.63) is 48.5 Å². The molecule has 0 amide bonds. The molecule has 1 aliphatic heterocycles. The summed E-state index contributed by atoms with van der Waals surface area (Å²) in [6.45, 7) is 10.5. The Kier molecular flexibility index (Phi) is 23.9. The van der Waals surface area contributed by atoms with E-state index >= 15 is 0 Å². The maximum atomic E-state index is 5.98. The lowest BCUT2D eigenvalue weighted by atomic mass is 10.1. The fourth-order valence-corrected chi connectivity index (χ4v) is 5.14. The Balaban J connectivity index is 1.23. The van der Waals surface area contributed by atoms with E-state index in [1.54, 1.807) is 0 Å². The molecule has 2 aromatic rings. The minimum atomic E-state index is -0.162. The van der Waals surface area contributed by atoms with Crippen LogP contribution in [0, 0.1) is 0 Å². The number of unbranched alkanes of at least 4 members (excludes halogenated alkanes) is 8. The van der Waals surface area contributed by atoms with Gasteiger partial charge in [-0.05, 0) is 54.7 Å². The Morgan fingerprint density at radius 2 is 0.896 bits per heavy atom. The van der Waals surface area contributed by atoms with E-state index in [1.165, 1.54) is 50.5 Å². The molecule has 1 aliphatic rings. The smallest absolute Gasteiger partial charge is 0.119 e. The van der Waals surface area contributed by atoms with Crippen molar-refractivity contribution in [1.82, 2.24) is 0 Å². The van der Waals surface area contributed by atoms with Crippen LogP contribution in [0.4, 0.5) is 0 Å². The third-order valence-electron chi connectivity index (χ3n) is 7.94. The maximum absolute atomic E-state index is 5.98. The minimum Gasteiger partial charge on any atom is -0.494 e. The van der Waals surface area contributed by atoms with Gasteiger partial charge in [0.15, 0.2) is 0 Å². The van der Waals surface area contributed by atoms with Crippen LogP contribution >= 0.6 is 0 Å². The van der Waals surface area contributed by atoms with Gasteiger partial charge in [-0.15, -0.1) is 0 Å². The predicted octanol–water partition coefficient (Wildman–Crippen LogP) is 7.53. The van der Waals surface area contributed by atoms with E-state index < -0.39 is 0 Å². The zero-order valence-corrected chi connectivity index (χ0v) is 29.5. The average molecular weight is 675 g/mol. The van der Waals surface area contributed by atoms with Crippen LogP contribution in [-0.4, -0.2) is 105 Å². The first kappa shape index (κ1) is 40.2. The summed E-state index contributed by atoms with van der Waals surface area (Å²) in [5.74, 6) is 1.81. The van der Waals surface area contributed by atoms with E-state index in [0.717, 1.165) is 42.9 Å². The van der Waals surface area contributed by atoms with Crippen LogP contribution in [0.5, 0.6) is 11.5 Å². The second-order valence-electron chi connectivity index (χ2n) is 12.0. The van der Waals surface area contributed by atoms with Crippen molar-refractivity contribution >= 4 is 0 Å². The molecule has 0 aliphatic carbocycles. The van der Waals surface area contributed by atoms with Crippen molar-refractivity contribution in [3.63, 3.8) is 0 Å². The highest BCUT2D eigenvalue weighted by Gasteiger charge is 2.11. The van der Waals surface area contributed by atoms with E-state index in [0.29, 0.717) is 92.5 Å². The molecule has 0 spiro atoms. The lowest BCUT2D eigenvalue weighted by Gasteiger charge is -2.19. The van der Waals surface area contributed by atoms with Crippen molar-refractivity contribution in [3.8, 4) is 22.6 Å². The maximum Gasteiger partial charge on any atom is 0.119 e. The summed E-state index contributed by atoms with van der Waals surface area (Å²) in [4.78, 5) is 0.